The molecule has 0 amide bonds. The van der Waals surface area contributed by atoms with Gasteiger partial charge in [-0.3, -0.25) is 14.4 Å². The van der Waals surface area contributed by atoms with Crippen molar-refractivity contribution in [2.24, 2.45) is 5.92 Å². The monoisotopic (exact) mass is 828 g/mol. The van der Waals surface area contributed by atoms with Gasteiger partial charge in [0.05, 0.1) is 6.61 Å². The number of carbonyl (C=O) groups is 1. The minimum Gasteiger partial charge on any atom is -0.466 e. The van der Waals surface area contributed by atoms with E-state index in [2.05, 4.69) is 35.9 Å². The van der Waals surface area contributed by atoms with Crippen molar-refractivity contribution in [3.63, 3.8) is 0 Å². The van der Waals surface area contributed by atoms with Crippen molar-refractivity contribution < 1.29 is 9.53 Å². The van der Waals surface area contributed by atoms with Gasteiger partial charge in [0.2, 0.25) is 0 Å². The van der Waals surface area contributed by atoms with Crippen molar-refractivity contribution in [2.75, 3.05) is 56.1 Å². The molecule has 1 unspecified atom stereocenters. The van der Waals surface area contributed by atoms with Gasteiger partial charge in [-0.2, -0.15) is 0 Å². The van der Waals surface area contributed by atoms with Crippen LogP contribution < -0.4 is 21.1 Å². The molecular formula is C52H97N3O4. The van der Waals surface area contributed by atoms with E-state index >= 15 is 0 Å². The second-order valence-electron chi connectivity index (χ2n) is 18.6. The van der Waals surface area contributed by atoms with E-state index in [4.69, 9.17) is 4.74 Å². The van der Waals surface area contributed by atoms with Crippen LogP contribution in [0, 0.1) is 5.92 Å². The topological polar surface area (TPSA) is 79.0 Å². The molecule has 344 valence electrons. The molecule has 0 aliphatic carbocycles. The number of nitrogens with one attached hydrogen (secondary N) is 1. The number of ether oxygens (including phenoxy) is 1. The summed E-state index contributed by atoms with van der Waals surface area (Å²) in [6.45, 7) is 13.2. The van der Waals surface area contributed by atoms with Crippen LogP contribution in [0.4, 0.5) is 11.4 Å². The van der Waals surface area contributed by atoms with Gasteiger partial charge >= 0.3 is 5.97 Å². The zero-order chi connectivity index (χ0) is 42.4. The number of hydrogen-bond donors (Lipinski definition) is 1. The number of hydrogen-bond acceptors (Lipinski definition) is 7. The van der Waals surface area contributed by atoms with Crippen LogP contribution in [0.25, 0.3) is 0 Å². The van der Waals surface area contributed by atoms with Crippen molar-refractivity contribution in [1.82, 2.24) is 4.90 Å². The third-order valence-electron chi connectivity index (χ3n) is 13.1. The van der Waals surface area contributed by atoms with Crippen molar-refractivity contribution in [3.8, 4) is 0 Å². The first-order valence-electron chi connectivity index (χ1n) is 26.2. The summed E-state index contributed by atoms with van der Waals surface area (Å²) in [5, 5.41) is 3.38. The largest absolute Gasteiger partial charge is 0.466 e. The average molecular weight is 828 g/mol. The second-order valence-corrected chi connectivity index (χ2v) is 18.6. The minimum atomic E-state index is -0.329. The summed E-state index contributed by atoms with van der Waals surface area (Å²) in [7, 11) is 0. The maximum absolute atomic E-state index is 12.5. The van der Waals surface area contributed by atoms with Crippen LogP contribution in [-0.2, 0) is 9.53 Å². The first kappa shape index (κ1) is 53.2. The molecule has 0 radical (unpaired) electrons. The van der Waals surface area contributed by atoms with Gasteiger partial charge in [-0.25, -0.2) is 0 Å². The Kier molecular flexibility index (Phi) is 34.1. The molecule has 7 heteroatoms. The smallest absolute Gasteiger partial charge is 0.305 e. The molecule has 2 rings (SSSR count). The highest BCUT2D eigenvalue weighted by atomic mass is 16.5. The summed E-state index contributed by atoms with van der Waals surface area (Å²) >= 11 is 0. The lowest BCUT2D eigenvalue weighted by Crippen LogP contribution is -2.44. The number of piperidine rings is 1. The number of esters is 1. The summed E-state index contributed by atoms with van der Waals surface area (Å²) in [5.74, 6) is 0.925. The van der Waals surface area contributed by atoms with E-state index in [1.54, 1.807) is 0 Å². The quantitative estimate of drug-likeness (QED) is 0.0399. The lowest BCUT2D eigenvalue weighted by molar-refractivity contribution is -0.143. The molecule has 1 heterocycles. The van der Waals surface area contributed by atoms with Crippen LogP contribution in [0.15, 0.2) is 9.59 Å². The maximum Gasteiger partial charge on any atom is 0.305 e. The van der Waals surface area contributed by atoms with E-state index < -0.39 is 0 Å². The fraction of sp³-hybridized carbons (Fsp3) is 0.904. The van der Waals surface area contributed by atoms with Gasteiger partial charge in [-0.15, -0.1) is 0 Å². The zero-order valence-corrected chi connectivity index (χ0v) is 39.5. The summed E-state index contributed by atoms with van der Waals surface area (Å²) in [6.07, 6.45) is 45.7. The number of anilines is 2. The van der Waals surface area contributed by atoms with Crippen molar-refractivity contribution >= 4 is 17.3 Å². The molecule has 7 nitrogen and oxygen atoms in total. The molecule has 1 N–H and O–H groups in total. The van der Waals surface area contributed by atoms with Gasteiger partial charge < -0.3 is 19.9 Å². The molecule has 1 aromatic carbocycles. The summed E-state index contributed by atoms with van der Waals surface area (Å²) < 4.78 is 5.49. The molecule has 1 aliphatic rings. The van der Waals surface area contributed by atoms with E-state index in [1.807, 2.05) is 0 Å². The lowest BCUT2D eigenvalue weighted by atomic mass is 9.89. The maximum atomic E-state index is 12.5. The Morgan fingerprint density at radius 1 is 0.542 bits per heavy atom. The Hall–Kier alpha value is -1.89. The SMILES string of the molecule is CCCCCCCCCOC(=O)CCCCCCCN(CCCCCCCC(CCCCCCC)CCCCCCCC)CCCNc1c(N2CCCCC2)c(=O)c1=O. The molecule has 59 heavy (non-hydrogen) atoms. The predicted octanol–water partition coefficient (Wildman–Crippen LogP) is 14.1. The standard InChI is InChI=1S/C52H97N3O4/c1-4-7-10-13-15-24-34-46-59-48(56)39-29-21-17-23-31-42-54(43-35-40-53-49-50(52(58)51(49)57)55-44-32-25-33-45-55)41-30-22-16-20-28-38-47(36-26-18-12-9-6-3)37-27-19-14-11-8-5-2/h47,53H,4-46H2,1-3H3. The van der Waals surface area contributed by atoms with Gasteiger partial charge in [-0.05, 0) is 76.9 Å². The Morgan fingerprint density at radius 3 is 1.51 bits per heavy atom. The molecule has 1 fully saturated rings. The van der Waals surface area contributed by atoms with E-state index in [0.717, 1.165) is 83.7 Å². The number of carbonyl (C=O) groups excluding carboxylic acids is 1. The number of nitrogens with zero attached hydrogens (tertiary/aromatic N) is 2. The predicted molar refractivity (Wildman–Crippen MR) is 256 cm³/mol. The minimum absolute atomic E-state index is 0.0201. The molecule has 1 aromatic rings. The van der Waals surface area contributed by atoms with Crippen molar-refractivity contribution in [1.29, 1.82) is 0 Å². The molecule has 1 saturated heterocycles. The number of unbranched alkanes of at least 4 members (excludes halogenated alkanes) is 23. The van der Waals surface area contributed by atoms with Crippen molar-refractivity contribution in [3.05, 3.63) is 20.4 Å². The molecule has 1 aliphatic heterocycles. The molecule has 0 bridgehead atoms. The number of rotatable bonds is 43. The van der Waals surface area contributed by atoms with E-state index in [1.165, 1.54) is 186 Å². The second kappa shape index (κ2) is 37.8. The van der Waals surface area contributed by atoms with Crippen LogP contribution >= 0.6 is 0 Å². The van der Waals surface area contributed by atoms with E-state index in [-0.39, 0.29) is 16.8 Å². The normalized spacial score (nSPS) is 13.8. The summed E-state index contributed by atoms with van der Waals surface area (Å²) in [5.41, 5.74) is 0.584. The van der Waals surface area contributed by atoms with E-state index in [0.29, 0.717) is 24.4 Å². The molecule has 0 spiro atoms. The molecule has 0 aromatic heterocycles. The zero-order valence-electron chi connectivity index (χ0n) is 39.5. The molecule has 0 saturated carbocycles. The lowest BCUT2D eigenvalue weighted by Gasteiger charge is -2.31. The average Bonchev–Trinajstić information content (AvgIpc) is 3.25. The highest BCUT2D eigenvalue weighted by molar-refractivity contribution is 5.75. The highest BCUT2D eigenvalue weighted by Crippen LogP contribution is 2.26. The van der Waals surface area contributed by atoms with Gasteiger partial charge in [0.15, 0.2) is 0 Å². The Labute approximate surface area is 365 Å². The summed E-state index contributed by atoms with van der Waals surface area (Å²) in [4.78, 5) is 41.9. The van der Waals surface area contributed by atoms with Gasteiger partial charge in [-0.1, -0.05) is 194 Å². The van der Waals surface area contributed by atoms with Crippen LogP contribution in [-0.4, -0.2) is 56.7 Å². The Morgan fingerprint density at radius 2 is 0.983 bits per heavy atom. The van der Waals surface area contributed by atoms with Crippen LogP contribution in [0.3, 0.4) is 0 Å². The van der Waals surface area contributed by atoms with Gasteiger partial charge in [0, 0.05) is 26.1 Å². The molecule has 1 atom stereocenters. The van der Waals surface area contributed by atoms with Crippen molar-refractivity contribution in [2.45, 2.75) is 252 Å². The Bertz CT molecular complexity index is 1170. The van der Waals surface area contributed by atoms with Crippen LogP contribution in [0.5, 0.6) is 0 Å². The van der Waals surface area contributed by atoms with Gasteiger partial charge in [0.1, 0.15) is 11.4 Å². The Balaban J connectivity index is 1.70. The fourth-order valence-corrected chi connectivity index (χ4v) is 9.25. The third-order valence-corrected chi connectivity index (χ3v) is 13.1. The van der Waals surface area contributed by atoms with Crippen LogP contribution in [0.1, 0.15) is 252 Å². The summed E-state index contributed by atoms with van der Waals surface area (Å²) in [6, 6.07) is 0. The fourth-order valence-electron chi connectivity index (χ4n) is 9.25. The third kappa shape index (κ3) is 26.9. The molecular weight excluding hydrogens is 731 g/mol. The first-order chi connectivity index (χ1) is 29.0. The highest BCUT2D eigenvalue weighted by Gasteiger charge is 2.26. The van der Waals surface area contributed by atoms with Gasteiger partial charge in [0.25, 0.3) is 10.9 Å². The van der Waals surface area contributed by atoms with Crippen LogP contribution in [0.2, 0.25) is 0 Å². The first-order valence-corrected chi connectivity index (χ1v) is 26.2. The van der Waals surface area contributed by atoms with E-state index in [9.17, 15) is 14.4 Å².